The topological polar surface area (TPSA) is 40.5 Å². The zero-order valence-electron chi connectivity index (χ0n) is 9.20. The van der Waals surface area contributed by atoms with Crippen molar-refractivity contribution < 1.29 is 18.7 Å². The van der Waals surface area contributed by atoms with Gasteiger partial charge in [-0.15, -0.1) is 0 Å². The molecule has 2 rings (SSSR count). The molecule has 1 aromatic rings. The number of halogens is 2. The van der Waals surface area contributed by atoms with Crippen LogP contribution in [0, 0.1) is 11.6 Å². The molecule has 92 valence electrons. The van der Waals surface area contributed by atoms with Crippen molar-refractivity contribution in [2.45, 2.75) is 25.4 Å². The Bertz CT molecular complexity index is 437. The number of carbonyl (C=O) groups is 1. The van der Waals surface area contributed by atoms with E-state index in [1.165, 1.54) is 12.1 Å². The smallest absolute Gasteiger partial charge is 0.320 e. The maximum absolute atomic E-state index is 13.4. The normalized spacial score (nSPS) is 20.7. The minimum atomic E-state index is -0.903. The molecular weight excluding hydrogens is 228 g/mol. The number of nitrogens with zero attached hydrogens (tertiary/aromatic N) is 1. The quantitative estimate of drug-likeness (QED) is 0.880. The second-order valence-electron chi connectivity index (χ2n) is 4.18. The number of carboxylic acids is 1. The molecule has 0 bridgehead atoms. The minimum absolute atomic E-state index is 0.139. The molecule has 1 aliphatic heterocycles. The maximum Gasteiger partial charge on any atom is 0.320 e. The molecule has 1 heterocycles. The Labute approximate surface area is 97.7 Å². The van der Waals surface area contributed by atoms with Gasteiger partial charge in [-0.05, 0) is 25.5 Å². The largest absolute Gasteiger partial charge is 0.480 e. The first kappa shape index (κ1) is 12.0. The first-order chi connectivity index (χ1) is 8.09. The van der Waals surface area contributed by atoms with Crippen molar-refractivity contribution in [2.24, 2.45) is 0 Å². The Kier molecular flexibility index (Phi) is 3.38. The van der Waals surface area contributed by atoms with E-state index in [0.29, 0.717) is 13.0 Å². The number of likely N-dealkylation sites (tertiary alicyclic amines) is 1. The zero-order valence-corrected chi connectivity index (χ0v) is 9.20. The summed E-state index contributed by atoms with van der Waals surface area (Å²) >= 11 is 0. The van der Waals surface area contributed by atoms with Gasteiger partial charge < -0.3 is 5.11 Å². The molecule has 1 fully saturated rings. The number of hydrogen-bond acceptors (Lipinski definition) is 2. The summed E-state index contributed by atoms with van der Waals surface area (Å²) in [5, 5.41) is 8.98. The van der Waals surface area contributed by atoms with Gasteiger partial charge in [-0.1, -0.05) is 12.1 Å². The van der Waals surface area contributed by atoms with Gasteiger partial charge in [0.15, 0.2) is 11.6 Å². The van der Waals surface area contributed by atoms with E-state index in [-0.39, 0.29) is 12.1 Å². The van der Waals surface area contributed by atoms with Crippen LogP contribution in [0.15, 0.2) is 18.2 Å². The summed E-state index contributed by atoms with van der Waals surface area (Å²) in [7, 11) is 0. The van der Waals surface area contributed by atoms with Crippen molar-refractivity contribution in [1.29, 1.82) is 0 Å². The Hall–Kier alpha value is -1.49. The highest BCUT2D eigenvalue weighted by Crippen LogP contribution is 2.22. The number of benzene rings is 1. The van der Waals surface area contributed by atoms with Crippen LogP contribution < -0.4 is 0 Å². The van der Waals surface area contributed by atoms with Crippen molar-refractivity contribution in [3.63, 3.8) is 0 Å². The van der Waals surface area contributed by atoms with Crippen LogP contribution in [-0.4, -0.2) is 28.6 Å². The van der Waals surface area contributed by atoms with Gasteiger partial charge in [-0.3, -0.25) is 9.69 Å². The third-order valence-electron chi connectivity index (χ3n) is 3.05. The van der Waals surface area contributed by atoms with Crippen LogP contribution in [0.25, 0.3) is 0 Å². The van der Waals surface area contributed by atoms with E-state index in [1.54, 1.807) is 4.90 Å². The third-order valence-corrected chi connectivity index (χ3v) is 3.05. The van der Waals surface area contributed by atoms with Crippen molar-refractivity contribution in [2.75, 3.05) is 6.54 Å². The predicted molar refractivity (Wildman–Crippen MR) is 57.4 cm³/mol. The van der Waals surface area contributed by atoms with Gasteiger partial charge in [-0.2, -0.15) is 0 Å². The Balaban J connectivity index is 2.15. The van der Waals surface area contributed by atoms with Crippen LogP contribution >= 0.6 is 0 Å². The monoisotopic (exact) mass is 241 g/mol. The highest BCUT2D eigenvalue weighted by atomic mass is 19.2. The summed E-state index contributed by atoms with van der Waals surface area (Å²) in [6.45, 7) is 0.744. The molecule has 0 spiro atoms. The summed E-state index contributed by atoms with van der Waals surface area (Å²) < 4.78 is 26.4. The highest BCUT2D eigenvalue weighted by molar-refractivity contribution is 5.73. The number of hydrogen-bond donors (Lipinski definition) is 1. The maximum atomic E-state index is 13.4. The number of rotatable bonds is 3. The molecule has 17 heavy (non-hydrogen) atoms. The highest BCUT2D eigenvalue weighted by Gasteiger charge is 2.30. The van der Waals surface area contributed by atoms with E-state index in [2.05, 4.69) is 0 Å². The van der Waals surface area contributed by atoms with Gasteiger partial charge in [0, 0.05) is 12.1 Å². The molecule has 0 aliphatic carbocycles. The van der Waals surface area contributed by atoms with E-state index in [9.17, 15) is 13.6 Å². The van der Waals surface area contributed by atoms with Crippen molar-refractivity contribution in [3.8, 4) is 0 Å². The summed E-state index contributed by atoms with van der Waals surface area (Å²) in [6, 6.07) is 3.38. The molecule has 1 saturated heterocycles. The van der Waals surface area contributed by atoms with Gasteiger partial charge in [-0.25, -0.2) is 8.78 Å². The summed E-state index contributed by atoms with van der Waals surface area (Å²) in [6.07, 6.45) is 1.33. The van der Waals surface area contributed by atoms with Crippen LogP contribution in [0.4, 0.5) is 8.78 Å². The van der Waals surface area contributed by atoms with Crippen molar-refractivity contribution >= 4 is 5.97 Å². The van der Waals surface area contributed by atoms with Gasteiger partial charge >= 0.3 is 5.97 Å². The van der Waals surface area contributed by atoms with E-state index in [0.717, 1.165) is 12.5 Å². The van der Waals surface area contributed by atoms with E-state index >= 15 is 0 Å². The fourth-order valence-corrected chi connectivity index (χ4v) is 2.18. The standard InChI is InChI=1S/C12H13F2NO2/c13-9-4-1-3-8(11(9)14)7-15-6-2-5-10(15)12(16)17/h1,3-4,10H,2,5-7H2,(H,16,17). The first-order valence-electron chi connectivity index (χ1n) is 5.49. The molecule has 1 atom stereocenters. The fourth-order valence-electron chi connectivity index (χ4n) is 2.18. The Morgan fingerprint density at radius 1 is 1.47 bits per heavy atom. The lowest BCUT2D eigenvalue weighted by molar-refractivity contribution is -0.142. The molecule has 3 nitrogen and oxygen atoms in total. The van der Waals surface area contributed by atoms with Crippen LogP contribution in [0.1, 0.15) is 18.4 Å². The lowest BCUT2D eigenvalue weighted by atomic mass is 10.1. The molecule has 1 aliphatic rings. The SMILES string of the molecule is O=C(O)C1CCCN1Cc1cccc(F)c1F. The molecule has 1 N–H and O–H groups in total. The van der Waals surface area contributed by atoms with Gasteiger partial charge in [0.05, 0.1) is 0 Å². The molecule has 0 amide bonds. The zero-order chi connectivity index (χ0) is 12.4. The van der Waals surface area contributed by atoms with Crippen LogP contribution in [-0.2, 0) is 11.3 Å². The molecule has 0 aromatic heterocycles. The second-order valence-corrected chi connectivity index (χ2v) is 4.18. The van der Waals surface area contributed by atoms with Gasteiger partial charge in [0.1, 0.15) is 6.04 Å². The second kappa shape index (κ2) is 4.79. The average molecular weight is 241 g/mol. The molecule has 0 radical (unpaired) electrons. The molecule has 5 heteroatoms. The van der Waals surface area contributed by atoms with E-state index in [1.807, 2.05) is 0 Å². The predicted octanol–water partition coefficient (Wildman–Crippen LogP) is 2.01. The van der Waals surface area contributed by atoms with Gasteiger partial charge in [0.2, 0.25) is 0 Å². The van der Waals surface area contributed by atoms with E-state index in [4.69, 9.17) is 5.11 Å². The van der Waals surface area contributed by atoms with Crippen LogP contribution in [0.5, 0.6) is 0 Å². The van der Waals surface area contributed by atoms with Gasteiger partial charge in [0.25, 0.3) is 0 Å². The Morgan fingerprint density at radius 2 is 2.24 bits per heavy atom. The average Bonchev–Trinajstić information content (AvgIpc) is 2.73. The van der Waals surface area contributed by atoms with Crippen LogP contribution in [0.2, 0.25) is 0 Å². The van der Waals surface area contributed by atoms with Crippen LogP contribution in [0.3, 0.4) is 0 Å². The van der Waals surface area contributed by atoms with Crippen molar-refractivity contribution in [3.05, 3.63) is 35.4 Å². The third kappa shape index (κ3) is 2.44. The first-order valence-corrected chi connectivity index (χ1v) is 5.49. The molecule has 1 unspecified atom stereocenters. The Morgan fingerprint density at radius 3 is 2.94 bits per heavy atom. The molecule has 1 aromatic carbocycles. The lowest BCUT2D eigenvalue weighted by Gasteiger charge is -2.21. The minimum Gasteiger partial charge on any atom is -0.480 e. The summed E-state index contributed by atoms with van der Waals surface area (Å²) in [4.78, 5) is 12.6. The number of carboxylic acid groups (broad SMARTS) is 1. The molecule has 0 saturated carbocycles. The van der Waals surface area contributed by atoms with Crippen molar-refractivity contribution in [1.82, 2.24) is 4.90 Å². The summed E-state index contributed by atoms with van der Waals surface area (Å²) in [5.74, 6) is -2.68. The lowest BCUT2D eigenvalue weighted by Crippen LogP contribution is -2.35. The van der Waals surface area contributed by atoms with E-state index < -0.39 is 23.6 Å². The summed E-state index contributed by atoms with van der Waals surface area (Å²) in [5.41, 5.74) is 0.207. The molecular formula is C12H13F2NO2. The fraction of sp³-hybridized carbons (Fsp3) is 0.417. The number of aliphatic carboxylic acids is 1.